The molecule has 1 rings (SSSR count). The molecule has 0 amide bonds. The summed E-state index contributed by atoms with van der Waals surface area (Å²) in [6.07, 6.45) is 0. The molecule has 14 heavy (non-hydrogen) atoms. The Labute approximate surface area is 76.4 Å². The second-order valence-electron chi connectivity index (χ2n) is 2.69. The van der Waals surface area contributed by atoms with E-state index >= 15 is 0 Å². The van der Waals surface area contributed by atoms with E-state index in [2.05, 4.69) is 6.72 Å². The number of hydrogen-bond donors (Lipinski definition) is 0. The Kier molecular flexibility index (Phi) is 3.26. The summed E-state index contributed by atoms with van der Waals surface area (Å²) in [5.41, 5.74) is 0. The minimum absolute atomic E-state index is 0.851. The van der Waals surface area contributed by atoms with Crippen LogP contribution in [-0.4, -0.2) is 37.6 Å². The summed E-state index contributed by atoms with van der Waals surface area (Å²) in [4.78, 5) is 0. The average Bonchev–Trinajstić information content (AvgIpc) is 1.81. The molecule has 0 N–H and O–H groups in total. The summed E-state index contributed by atoms with van der Waals surface area (Å²) in [7, 11) is -10.7. The molecule has 0 aromatic rings. The number of hydrogen-bond acceptors (Lipinski definition) is 1. The van der Waals surface area contributed by atoms with Gasteiger partial charge >= 0.3 is 33.0 Å². The quantitative estimate of drug-likeness (QED) is 0.363. The van der Waals surface area contributed by atoms with Crippen molar-refractivity contribution in [1.82, 2.24) is 0 Å². The van der Waals surface area contributed by atoms with Crippen LogP contribution < -0.4 is 0 Å². The van der Waals surface area contributed by atoms with Gasteiger partial charge in [-0.3, -0.25) is 0 Å². The first-order valence-electron chi connectivity index (χ1n) is 3.54. The van der Waals surface area contributed by atoms with Gasteiger partial charge in [0, 0.05) is 0 Å². The predicted octanol–water partition coefficient (Wildman–Crippen LogP) is 3.11. The Balaban J connectivity index is 0.000000241. The van der Waals surface area contributed by atoms with E-state index in [0.717, 1.165) is 26.3 Å². The maximum absolute atomic E-state index is 10.7. The van der Waals surface area contributed by atoms with Gasteiger partial charge in [0.2, 0.25) is 0 Å². The van der Waals surface area contributed by atoms with Gasteiger partial charge < -0.3 is 4.74 Å². The Morgan fingerprint density at radius 2 is 1.21 bits per heavy atom. The van der Waals surface area contributed by atoms with Gasteiger partial charge in [0.15, 0.2) is 13.1 Å². The summed E-state index contributed by atoms with van der Waals surface area (Å²) in [6.45, 7) is 7.42. The first-order valence-corrected chi connectivity index (χ1v) is 5.57. The Hall–Kier alpha value is -0.360. The van der Waals surface area contributed by atoms with Gasteiger partial charge in [-0.1, -0.05) is 0 Å². The predicted molar refractivity (Wildman–Crippen MR) is 41.5 cm³/mol. The number of ether oxygens (including phenoxy) is 1. The van der Waals surface area contributed by atoms with Gasteiger partial charge in [-0.25, -0.2) is 4.58 Å². The number of halogens is 6. The minimum atomic E-state index is -10.7. The van der Waals surface area contributed by atoms with Crippen molar-refractivity contribution < 1.29 is 34.5 Å². The van der Waals surface area contributed by atoms with Gasteiger partial charge in [0.05, 0.1) is 0 Å². The van der Waals surface area contributed by atoms with Gasteiger partial charge in [0.1, 0.15) is 19.9 Å². The molecule has 0 radical (unpaired) electrons. The molecule has 0 saturated carbocycles. The molecule has 0 aliphatic carbocycles. The molecular formula is C5H10F6NOP. The van der Waals surface area contributed by atoms with E-state index in [4.69, 9.17) is 4.74 Å². The fourth-order valence-electron chi connectivity index (χ4n) is 0.601. The van der Waals surface area contributed by atoms with Crippen LogP contribution in [-0.2, 0) is 4.74 Å². The van der Waals surface area contributed by atoms with Gasteiger partial charge in [-0.15, -0.1) is 0 Å². The fourth-order valence-corrected chi connectivity index (χ4v) is 0.601. The third kappa shape index (κ3) is 22.6. The van der Waals surface area contributed by atoms with E-state index < -0.39 is 7.81 Å². The molecule has 1 aliphatic heterocycles. The van der Waals surface area contributed by atoms with Crippen molar-refractivity contribution in [2.24, 2.45) is 0 Å². The summed E-state index contributed by atoms with van der Waals surface area (Å²) >= 11 is 0. The van der Waals surface area contributed by atoms with Gasteiger partial charge in [0.25, 0.3) is 0 Å². The zero-order chi connectivity index (χ0) is 11.5. The molecule has 1 heterocycles. The molecule has 88 valence electrons. The molecule has 1 fully saturated rings. The van der Waals surface area contributed by atoms with E-state index in [1.54, 1.807) is 0 Å². The summed E-state index contributed by atoms with van der Waals surface area (Å²) in [5, 5.41) is 0. The van der Waals surface area contributed by atoms with Crippen molar-refractivity contribution in [3.05, 3.63) is 0 Å². The number of nitrogens with zero attached hydrogens (tertiary/aromatic N) is 1. The number of rotatable bonds is 0. The Morgan fingerprint density at radius 1 is 0.929 bits per heavy atom. The van der Waals surface area contributed by atoms with Crippen molar-refractivity contribution in [3.8, 4) is 0 Å². The van der Waals surface area contributed by atoms with Crippen molar-refractivity contribution in [2.75, 3.05) is 26.3 Å². The molecule has 0 bridgehead atoms. The van der Waals surface area contributed by atoms with Crippen LogP contribution in [0.5, 0.6) is 0 Å². The first-order chi connectivity index (χ1) is 5.84. The molecule has 0 atom stereocenters. The second kappa shape index (κ2) is 3.34. The zero-order valence-electron chi connectivity index (χ0n) is 7.11. The standard InChI is InChI=1S/C5H10NO.F6P/c1-6-2-4-7-5-3-6;1-7(2,3,4,5)6/h1-5H2;/q+1;-1. The van der Waals surface area contributed by atoms with Crippen LogP contribution in [0.4, 0.5) is 25.2 Å². The Bertz CT molecular complexity index is 200. The van der Waals surface area contributed by atoms with E-state index in [1.165, 1.54) is 0 Å². The van der Waals surface area contributed by atoms with Crippen molar-refractivity contribution in [1.29, 1.82) is 0 Å². The molecule has 0 aromatic heterocycles. The van der Waals surface area contributed by atoms with E-state index in [1.807, 2.05) is 4.58 Å². The third-order valence-electron chi connectivity index (χ3n) is 1.10. The van der Waals surface area contributed by atoms with Crippen LogP contribution in [0.3, 0.4) is 0 Å². The van der Waals surface area contributed by atoms with E-state index in [-0.39, 0.29) is 0 Å². The molecule has 0 unspecified atom stereocenters. The molecule has 1 aliphatic rings. The van der Waals surface area contributed by atoms with Crippen LogP contribution >= 0.6 is 7.81 Å². The van der Waals surface area contributed by atoms with Crippen molar-refractivity contribution in [2.45, 2.75) is 0 Å². The summed E-state index contributed by atoms with van der Waals surface area (Å²) in [5.74, 6) is 0. The molecule has 0 aromatic carbocycles. The van der Waals surface area contributed by atoms with E-state index in [0.29, 0.717) is 0 Å². The van der Waals surface area contributed by atoms with Crippen LogP contribution in [0.1, 0.15) is 0 Å². The maximum atomic E-state index is 9.87. The molecule has 9 heteroatoms. The molecule has 0 spiro atoms. The van der Waals surface area contributed by atoms with Crippen LogP contribution in [0.15, 0.2) is 0 Å². The van der Waals surface area contributed by atoms with Gasteiger partial charge in [-0.2, -0.15) is 0 Å². The van der Waals surface area contributed by atoms with Crippen LogP contribution in [0, 0.1) is 0 Å². The molecule has 1 saturated heterocycles. The summed E-state index contributed by atoms with van der Waals surface area (Å²) in [6, 6.07) is 0. The summed E-state index contributed by atoms with van der Waals surface area (Å²) < 4.78 is 66.3. The molecular weight excluding hydrogens is 235 g/mol. The first kappa shape index (κ1) is 13.6. The SMILES string of the molecule is C=[N+]1CCOCC1.F[P-](F)(F)(F)(F)F. The van der Waals surface area contributed by atoms with Crippen molar-refractivity contribution >= 4 is 14.5 Å². The fraction of sp³-hybridized carbons (Fsp3) is 0.800. The van der Waals surface area contributed by atoms with E-state index in [9.17, 15) is 25.2 Å². The second-order valence-corrected chi connectivity index (χ2v) is 4.61. The van der Waals surface area contributed by atoms with Gasteiger partial charge in [-0.05, 0) is 0 Å². The average molecular weight is 245 g/mol. The van der Waals surface area contributed by atoms with Crippen LogP contribution in [0.2, 0.25) is 0 Å². The topological polar surface area (TPSA) is 12.2 Å². The van der Waals surface area contributed by atoms with Crippen LogP contribution in [0.25, 0.3) is 0 Å². The normalized spacial score (nSPS) is 22.9. The third-order valence-corrected chi connectivity index (χ3v) is 1.10. The Morgan fingerprint density at radius 3 is 1.36 bits per heavy atom. The zero-order valence-corrected chi connectivity index (χ0v) is 8.00. The number of morpholine rings is 1. The monoisotopic (exact) mass is 245 g/mol. The molecule has 2 nitrogen and oxygen atoms in total. The van der Waals surface area contributed by atoms with Crippen molar-refractivity contribution in [3.63, 3.8) is 0 Å².